The summed E-state index contributed by atoms with van der Waals surface area (Å²) in [6, 6.07) is 6.24. The van der Waals surface area contributed by atoms with Crippen LogP contribution in [0, 0.1) is 13.8 Å². The van der Waals surface area contributed by atoms with Crippen molar-refractivity contribution in [2.75, 3.05) is 0 Å². The zero-order valence-electron chi connectivity index (χ0n) is 28.5. The minimum absolute atomic E-state index is 0.0460. The normalized spacial score (nSPS) is 16.2. The first-order valence-electron chi connectivity index (χ1n) is 16.4. The van der Waals surface area contributed by atoms with Gasteiger partial charge in [-0.1, -0.05) is 32.2 Å². The van der Waals surface area contributed by atoms with E-state index in [0.29, 0.717) is 23.5 Å². The molecule has 0 aliphatic carbocycles. The smallest absolute Gasteiger partial charge is 0.326 e. The molecule has 50 heavy (non-hydrogen) atoms. The van der Waals surface area contributed by atoms with Gasteiger partial charge in [-0.25, -0.2) is 9.78 Å². The number of aromatic amines is 2. The summed E-state index contributed by atoms with van der Waals surface area (Å²) >= 11 is 0. The molecular formula is C38H41N5O7. The lowest BCUT2D eigenvalue weighted by molar-refractivity contribution is -0.147. The SMILES string of the molecule is C=Cc1c(C)c2cc3[nH]c(cc4nc(cc5nc(cc1[nH]2)C(C)=C5CCC(=O)NC(CC(=O)O)C(=O)O)C(CCC(=O)O)C4C)c(C)c3C=C. The largest absolute Gasteiger partial charge is 0.481 e. The van der Waals surface area contributed by atoms with Gasteiger partial charge in [-0.15, -0.1) is 0 Å². The van der Waals surface area contributed by atoms with Crippen molar-refractivity contribution in [2.45, 2.75) is 77.7 Å². The zero-order chi connectivity index (χ0) is 36.4. The molecule has 8 bridgehead atoms. The van der Waals surface area contributed by atoms with Gasteiger partial charge in [0.1, 0.15) is 6.04 Å². The maximum atomic E-state index is 12.9. The Balaban J connectivity index is 1.74. The van der Waals surface area contributed by atoms with Crippen LogP contribution < -0.4 is 5.32 Å². The van der Waals surface area contributed by atoms with E-state index in [-0.39, 0.29) is 31.1 Å². The molecule has 1 amide bonds. The van der Waals surface area contributed by atoms with Gasteiger partial charge in [-0.3, -0.25) is 19.4 Å². The van der Waals surface area contributed by atoms with Crippen molar-refractivity contribution >= 4 is 69.2 Å². The molecule has 12 heteroatoms. The molecule has 3 atom stereocenters. The number of carbonyl (C=O) groups is 4. The molecule has 12 nitrogen and oxygen atoms in total. The maximum absolute atomic E-state index is 12.9. The van der Waals surface area contributed by atoms with Crippen molar-refractivity contribution in [1.29, 1.82) is 0 Å². The highest BCUT2D eigenvalue weighted by Crippen LogP contribution is 2.41. The van der Waals surface area contributed by atoms with E-state index in [1.807, 2.05) is 58.0 Å². The summed E-state index contributed by atoms with van der Waals surface area (Å²) in [6.07, 6.45) is 3.22. The van der Waals surface area contributed by atoms with Crippen LogP contribution in [-0.4, -0.2) is 65.1 Å². The van der Waals surface area contributed by atoms with Crippen LogP contribution in [0.15, 0.2) is 37.4 Å². The van der Waals surface area contributed by atoms with Gasteiger partial charge >= 0.3 is 17.9 Å². The van der Waals surface area contributed by atoms with Crippen molar-refractivity contribution in [3.8, 4) is 0 Å². The molecule has 260 valence electrons. The molecule has 3 unspecified atom stereocenters. The summed E-state index contributed by atoms with van der Waals surface area (Å²) in [5.41, 5.74) is 11.4. The molecule has 0 fully saturated rings. The summed E-state index contributed by atoms with van der Waals surface area (Å²) in [5, 5.41) is 30.4. The molecule has 0 radical (unpaired) electrons. The summed E-state index contributed by atoms with van der Waals surface area (Å²) in [5.74, 6) is -4.63. The Labute approximate surface area is 288 Å². The number of nitrogens with zero attached hydrogens (tertiary/aromatic N) is 2. The van der Waals surface area contributed by atoms with E-state index in [4.69, 9.17) is 15.1 Å². The fourth-order valence-electron chi connectivity index (χ4n) is 6.78. The lowest BCUT2D eigenvalue weighted by Gasteiger charge is -2.15. The number of carboxylic acids is 3. The van der Waals surface area contributed by atoms with E-state index >= 15 is 0 Å². The van der Waals surface area contributed by atoms with Crippen LogP contribution >= 0.6 is 0 Å². The number of rotatable bonds is 12. The van der Waals surface area contributed by atoms with Crippen LogP contribution in [0.2, 0.25) is 0 Å². The molecule has 0 saturated heterocycles. The molecule has 0 saturated carbocycles. The van der Waals surface area contributed by atoms with Gasteiger partial charge in [-0.05, 0) is 80.2 Å². The van der Waals surface area contributed by atoms with Crippen LogP contribution in [0.4, 0.5) is 0 Å². The number of hydrogen-bond acceptors (Lipinski definition) is 6. The van der Waals surface area contributed by atoms with Crippen LogP contribution in [0.3, 0.4) is 0 Å². The number of carboxylic acid groups (broad SMARTS) is 3. The van der Waals surface area contributed by atoms with Gasteiger partial charge in [0, 0.05) is 69.3 Å². The first-order valence-corrected chi connectivity index (χ1v) is 16.4. The van der Waals surface area contributed by atoms with E-state index in [9.17, 15) is 29.4 Å². The van der Waals surface area contributed by atoms with Gasteiger partial charge in [0.25, 0.3) is 0 Å². The first-order chi connectivity index (χ1) is 23.7. The predicted molar refractivity (Wildman–Crippen MR) is 192 cm³/mol. The zero-order valence-corrected chi connectivity index (χ0v) is 28.5. The van der Waals surface area contributed by atoms with Crippen LogP contribution in [-0.2, 0) is 19.2 Å². The van der Waals surface area contributed by atoms with E-state index in [1.54, 1.807) is 6.08 Å². The number of amides is 1. The van der Waals surface area contributed by atoms with Gasteiger partial charge in [0.05, 0.1) is 17.8 Å². The number of allylic oxidation sites excluding steroid dienone is 2. The lowest BCUT2D eigenvalue weighted by Crippen LogP contribution is -2.42. The Morgan fingerprint density at radius 3 is 2.02 bits per heavy atom. The highest BCUT2D eigenvalue weighted by atomic mass is 16.4. The van der Waals surface area contributed by atoms with E-state index in [0.717, 1.165) is 61.2 Å². The number of fused-ring (bicyclic) bond motifs is 8. The number of aromatic nitrogens is 4. The molecule has 5 heterocycles. The number of nitrogens with one attached hydrogen (secondary N) is 3. The lowest BCUT2D eigenvalue weighted by atomic mass is 9.87. The molecule has 2 aliphatic heterocycles. The molecule has 2 aliphatic rings. The Morgan fingerprint density at radius 1 is 0.820 bits per heavy atom. The summed E-state index contributed by atoms with van der Waals surface area (Å²) < 4.78 is 0. The predicted octanol–water partition coefficient (Wildman–Crippen LogP) is 6.72. The number of aryl methyl sites for hydroxylation is 2. The average molecular weight is 680 g/mol. The van der Waals surface area contributed by atoms with Crippen molar-refractivity contribution in [3.63, 3.8) is 0 Å². The maximum Gasteiger partial charge on any atom is 0.326 e. The molecule has 0 spiro atoms. The Morgan fingerprint density at radius 2 is 1.44 bits per heavy atom. The fourth-order valence-corrected chi connectivity index (χ4v) is 6.78. The van der Waals surface area contributed by atoms with Crippen molar-refractivity contribution < 1.29 is 34.5 Å². The third-order valence-corrected chi connectivity index (χ3v) is 9.67. The first kappa shape index (κ1) is 35.5. The quantitative estimate of drug-likeness (QED) is 0.120. The summed E-state index contributed by atoms with van der Waals surface area (Å²) in [4.78, 5) is 64.4. The molecular weight excluding hydrogens is 638 g/mol. The number of hydrogen-bond donors (Lipinski definition) is 6. The Hall–Kier alpha value is -5.78. The second kappa shape index (κ2) is 14.4. The van der Waals surface area contributed by atoms with Crippen molar-refractivity contribution in [2.24, 2.45) is 0 Å². The van der Waals surface area contributed by atoms with Gasteiger partial charge in [0.15, 0.2) is 0 Å². The van der Waals surface area contributed by atoms with Crippen LogP contribution in [0.5, 0.6) is 0 Å². The molecule has 3 aromatic heterocycles. The second-order valence-corrected chi connectivity index (χ2v) is 12.8. The van der Waals surface area contributed by atoms with Gasteiger partial charge in [0.2, 0.25) is 5.91 Å². The summed E-state index contributed by atoms with van der Waals surface area (Å²) in [7, 11) is 0. The van der Waals surface area contributed by atoms with Crippen molar-refractivity contribution in [1.82, 2.24) is 25.3 Å². The molecule has 5 rings (SSSR count). The molecule has 6 N–H and O–H groups in total. The highest BCUT2D eigenvalue weighted by molar-refractivity contribution is 5.95. The van der Waals surface area contributed by atoms with Crippen LogP contribution in [0.1, 0.15) is 103 Å². The van der Waals surface area contributed by atoms with E-state index in [2.05, 4.69) is 28.4 Å². The van der Waals surface area contributed by atoms with Crippen LogP contribution in [0.25, 0.3) is 45.4 Å². The third-order valence-electron chi connectivity index (χ3n) is 9.67. The number of aliphatic carboxylic acids is 3. The number of H-pyrrole nitrogens is 2. The second-order valence-electron chi connectivity index (χ2n) is 12.8. The summed E-state index contributed by atoms with van der Waals surface area (Å²) in [6.45, 7) is 16.0. The minimum atomic E-state index is -1.56. The minimum Gasteiger partial charge on any atom is -0.481 e. The topological polar surface area (TPSA) is 198 Å². The van der Waals surface area contributed by atoms with Gasteiger partial charge in [-0.2, -0.15) is 0 Å². The average Bonchev–Trinajstić information content (AvgIpc) is 3.71. The van der Waals surface area contributed by atoms with E-state index in [1.165, 1.54) is 0 Å². The van der Waals surface area contributed by atoms with E-state index < -0.39 is 36.3 Å². The number of carbonyl (C=O) groups excluding carboxylic acids is 1. The van der Waals surface area contributed by atoms with Gasteiger partial charge < -0.3 is 30.6 Å². The third kappa shape index (κ3) is 7.14. The monoisotopic (exact) mass is 679 g/mol. The highest BCUT2D eigenvalue weighted by Gasteiger charge is 2.31. The Bertz CT molecular complexity index is 2140. The molecule has 3 aromatic rings. The van der Waals surface area contributed by atoms with Crippen molar-refractivity contribution in [3.05, 3.63) is 82.5 Å². The molecule has 0 aromatic carbocycles. The Kier molecular flexibility index (Phi) is 10.2. The standard InChI is InChI=1S/C38H41N5O7/c1-7-22-18(3)26-13-27-21(6)25(10-12-36(45)46)33(41-27)16-32-24(9-11-35(44)43-34(38(49)50)17-37(47)48)20(5)29(42-32)15-31-23(8-2)19(4)28(40-31)14-30(22)39-26/h7-8,13-16,21,25,34,39-40H,1-2,9-12,17H2,3-6H3,(H,43,44)(H,45,46)(H,47,48)(H,49,50). The fraction of sp³-hybridized carbons (Fsp3) is 0.316.